The summed E-state index contributed by atoms with van der Waals surface area (Å²) < 4.78 is 69.8. The maximum absolute atomic E-state index is 15.2. The number of amides is 2. The lowest BCUT2D eigenvalue weighted by atomic mass is 9.79. The fraction of sp³-hybridized carbons (Fsp3) is 0.560. The van der Waals surface area contributed by atoms with E-state index in [1.54, 1.807) is 0 Å². The molecule has 2 fully saturated rings. The zero-order valence-corrected chi connectivity index (χ0v) is 22.7. The Bertz CT molecular complexity index is 1280. The van der Waals surface area contributed by atoms with Crippen molar-refractivity contribution in [2.45, 2.75) is 76.2 Å². The summed E-state index contributed by atoms with van der Waals surface area (Å²) in [5, 5.41) is 15.2. The number of alkyl halides is 3. The first-order valence-electron chi connectivity index (χ1n) is 12.7. The minimum atomic E-state index is -4.50. The van der Waals surface area contributed by atoms with E-state index in [1.807, 2.05) is 27.7 Å². The van der Waals surface area contributed by atoms with Crippen molar-refractivity contribution in [1.29, 1.82) is 5.53 Å². The number of rotatable bonds is 7. The van der Waals surface area contributed by atoms with Gasteiger partial charge in [0.1, 0.15) is 5.82 Å². The third kappa shape index (κ3) is 6.40. The maximum atomic E-state index is 15.2. The summed E-state index contributed by atoms with van der Waals surface area (Å²) in [5.74, 6) is -4.78. The van der Waals surface area contributed by atoms with E-state index < -0.39 is 35.7 Å². The largest absolute Gasteiger partial charge is 0.392 e. The Morgan fingerprint density at radius 3 is 2.35 bits per heavy atom. The minimum Gasteiger partial charge on any atom is -0.365 e. The normalized spacial score (nSPS) is 21.9. The summed E-state index contributed by atoms with van der Waals surface area (Å²) in [5.41, 5.74) is 6.32. The Morgan fingerprint density at radius 1 is 1.15 bits per heavy atom. The summed E-state index contributed by atoms with van der Waals surface area (Å²) in [6, 6.07) is 0.889. The highest BCUT2D eigenvalue weighted by molar-refractivity contribution is 5.93. The van der Waals surface area contributed by atoms with Gasteiger partial charge in [0.05, 0.1) is 23.5 Å². The van der Waals surface area contributed by atoms with E-state index >= 15 is 4.39 Å². The van der Waals surface area contributed by atoms with Crippen molar-refractivity contribution in [3.63, 3.8) is 0 Å². The van der Waals surface area contributed by atoms with Crippen LogP contribution < -0.4 is 26.3 Å². The third-order valence-corrected chi connectivity index (χ3v) is 6.98. The molecule has 1 aromatic heterocycles. The number of nitrogens with zero attached hydrogens (tertiary/aromatic N) is 4. The second-order valence-electron chi connectivity index (χ2n) is 11.5. The van der Waals surface area contributed by atoms with E-state index in [4.69, 9.17) is 5.53 Å². The van der Waals surface area contributed by atoms with Gasteiger partial charge in [0.2, 0.25) is 5.95 Å². The van der Waals surface area contributed by atoms with E-state index in [0.29, 0.717) is 17.9 Å². The fourth-order valence-electron chi connectivity index (χ4n) is 5.64. The van der Waals surface area contributed by atoms with Crippen molar-refractivity contribution in [2.24, 2.45) is 11.1 Å². The zero-order chi connectivity index (χ0) is 29.6. The van der Waals surface area contributed by atoms with E-state index in [2.05, 4.69) is 36.5 Å². The SMILES string of the molecule is CNC(=O)N(N=N)c1cc(Nc2ncc(F)c(NC3CC(C)(C)NC(C)(C)C3)n2)c(F)cc1[C@H]1C[C@@H]1C(F)(F)F. The van der Waals surface area contributed by atoms with Gasteiger partial charge in [-0.25, -0.2) is 18.6 Å². The van der Waals surface area contributed by atoms with Crippen molar-refractivity contribution < 1.29 is 26.7 Å². The first kappa shape index (κ1) is 29.4. The fourth-order valence-corrected chi connectivity index (χ4v) is 5.64. The number of halogens is 5. The Hall–Kier alpha value is -3.62. The number of nitrogens with one attached hydrogen (secondary N) is 5. The van der Waals surface area contributed by atoms with E-state index in [9.17, 15) is 22.4 Å². The third-order valence-electron chi connectivity index (χ3n) is 6.98. The number of urea groups is 1. The number of anilines is 4. The van der Waals surface area contributed by atoms with Gasteiger partial charge in [0.25, 0.3) is 0 Å². The predicted molar refractivity (Wildman–Crippen MR) is 139 cm³/mol. The molecule has 15 heteroatoms. The highest BCUT2D eigenvalue weighted by Crippen LogP contribution is 2.58. The predicted octanol–water partition coefficient (Wildman–Crippen LogP) is 5.98. The number of hydrogen-bond donors (Lipinski definition) is 5. The number of carbonyl (C=O) groups is 1. The minimum absolute atomic E-state index is 0.104. The lowest BCUT2D eigenvalue weighted by molar-refractivity contribution is -0.148. The average Bonchev–Trinajstić information content (AvgIpc) is 3.62. The zero-order valence-electron chi connectivity index (χ0n) is 22.7. The topological polar surface area (TPSA) is 130 Å². The summed E-state index contributed by atoms with van der Waals surface area (Å²) in [4.78, 5) is 20.3. The Morgan fingerprint density at radius 2 is 1.80 bits per heavy atom. The Balaban J connectivity index is 1.65. The van der Waals surface area contributed by atoms with Crippen LogP contribution in [-0.4, -0.2) is 46.3 Å². The molecule has 1 aliphatic carbocycles. The Labute approximate surface area is 228 Å². The van der Waals surface area contributed by atoms with Crippen molar-refractivity contribution in [2.75, 3.05) is 22.7 Å². The summed E-state index contributed by atoms with van der Waals surface area (Å²) >= 11 is 0. The molecule has 2 heterocycles. The first-order valence-corrected chi connectivity index (χ1v) is 12.7. The van der Waals surface area contributed by atoms with Gasteiger partial charge < -0.3 is 21.3 Å². The molecule has 2 aliphatic rings. The molecule has 1 saturated heterocycles. The van der Waals surface area contributed by atoms with Gasteiger partial charge in [0.15, 0.2) is 11.6 Å². The molecular weight excluding hydrogens is 537 g/mol. The van der Waals surface area contributed by atoms with Crippen molar-refractivity contribution in [3.05, 3.63) is 35.5 Å². The molecule has 4 rings (SSSR count). The van der Waals surface area contributed by atoms with Crippen molar-refractivity contribution >= 4 is 29.2 Å². The van der Waals surface area contributed by atoms with E-state index in [1.165, 1.54) is 7.05 Å². The lowest BCUT2D eigenvalue weighted by Gasteiger charge is -2.46. The summed E-state index contributed by atoms with van der Waals surface area (Å²) in [7, 11) is 1.25. The van der Waals surface area contributed by atoms with Crippen LogP contribution in [0, 0.1) is 23.1 Å². The van der Waals surface area contributed by atoms with Gasteiger partial charge in [-0.3, -0.25) is 0 Å². The van der Waals surface area contributed by atoms with E-state index in [-0.39, 0.29) is 52.2 Å². The molecule has 2 aromatic rings. The number of aromatic nitrogens is 2. The molecule has 0 radical (unpaired) electrons. The molecule has 1 aliphatic heterocycles. The molecule has 2 amide bonds. The number of piperidine rings is 1. The molecule has 0 bridgehead atoms. The highest BCUT2D eigenvalue weighted by Gasteiger charge is 2.57. The molecular formula is C25H32F5N9O. The molecule has 1 aromatic carbocycles. The van der Waals surface area contributed by atoms with Gasteiger partial charge >= 0.3 is 12.2 Å². The molecule has 5 N–H and O–H groups in total. The van der Waals surface area contributed by atoms with E-state index in [0.717, 1.165) is 18.3 Å². The van der Waals surface area contributed by atoms with Gasteiger partial charge in [0, 0.05) is 24.2 Å². The average molecular weight is 570 g/mol. The van der Waals surface area contributed by atoms with Gasteiger partial charge in [-0.2, -0.15) is 28.7 Å². The van der Waals surface area contributed by atoms with Gasteiger partial charge in [-0.1, -0.05) is 5.22 Å². The smallest absolute Gasteiger partial charge is 0.365 e. The van der Waals surface area contributed by atoms with Crippen LogP contribution in [0.25, 0.3) is 0 Å². The van der Waals surface area contributed by atoms with Crippen LogP contribution in [0.3, 0.4) is 0 Å². The molecule has 218 valence electrons. The summed E-state index contributed by atoms with van der Waals surface area (Å²) in [6.07, 6.45) is -2.53. The second kappa shape index (κ2) is 10.4. The van der Waals surface area contributed by atoms with Gasteiger partial charge in [-0.15, -0.1) is 0 Å². The maximum Gasteiger partial charge on any atom is 0.392 e. The number of carbonyl (C=O) groups excluding carboxylic acids is 1. The van der Waals surface area contributed by atoms with Crippen LogP contribution in [0.4, 0.5) is 49.9 Å². The van der Waals surface area contributed by atoms with Crippen LogP contribution in [0.1, 0.15) is 58.4 Å². The molecule has 10 nitrogen and oxygen atoms in total. The monoisotopic (exact) mass is 569 g/mol. The molecule has 0 spiro atoms. The van der Waals surface area contributed by atoms with Crippen molar-refractivity contribution in [3.8, 4) is 0 Å². The quantitative estimate of drug-likeness (QED) is 0.159. The van der Waals surface area contributed by atoms with Crippen LogP contribution in [-0.2, 0) is 0 Å². The number of hydrogen-bond acceptors (Lipinski definition) is 8. The lowest BCUT2D eigenvalue weighted by Crippen LogP contribution is -2.60. The van der Waals surface area contributed by atoms with Crippen LogP contribution in [0.2, 0.25) is 0 Å². The molecule has 40 heavy (non-hydrogen) atoms. The summed E-state index contributed by atoms with van der Waals surface area (Å²) in [6.45, 7) is 8.17. The standard InChI is InChI=1S/C25H32F5N9O/c1-23(2)9-12(10-24(3,4)37-23)34-20-17(27)11-33-21(36-20)35-18-8-19(39(38-31)22(40)32-5)14(7-16(18)26)13-6-15(13)25(28,29)30/h7-8,11-13,15,31,37H,6,9-10H2,1-5H3,(H,32,40)(H2,33,34,35,36)/t13-,15+/m1/s1. The highest BCUT2D eigenvalue weighted by atomic mass is 19.4. The van der Waals surface area contributed by atoms with Crippen molar-refractivity contribution in [1.82, 2.24) is 20.6 Å². The molecule has 2 atom stereocenters. The van der Waals surface area contributed by atoms with Crippen LogP contribution in [0.15, 0.2) is 23.6 Å². The molecule has 1 saturated carbocycles. The van der Waals surface area contributed by atoms with Crippen LogP contribution in [0.5, 0.6) is 0 Å². The number of benzene rings is 1. The second-order valence-corrected chi connectivity index (χ2v) is 11.5. The van der Waals surface area contributed by atoms with Crippen LogP contribution >= 0.6 is 0 Å². The first-order chi connectivity index (χ1) is 18.5. The molecule has 0 unspecified atom stereocenters. The van der Waals surface area contributed by atoms with Gasteiger partial charge in [-0.05, 0) is 70.6 Å². The Kier molecular flexibility index (Phi) is 7.64.